The Balaban J connectivity index is 2.45. The van der Waals surface area contributed by atoms with Crippen LogP contribution in [0.4, 0.5) is 0 Å². The van der Waals surface area contributed by atoms with Gasteiger partial charge in [-0.1, -0.05) is 25.1 Å². The van der Waals surface area contributed by atoms with Gasteiger partial charge in [0.05, 0.1) is 6.61 Å². The summed E-state index contributed by atoms with van der Waals surface area (Å²) in [6, 6.07) is 9.00. The molecule has 0 aliphatic carbocycles. The summed E-state index contributed by atoms with van der Waals surface area (Å²) in [6.45, 7) is 5.82. The Morgan fingerprint density at radius 2 is 2.00 bits per heavy atom. The van der Waals surface area contributed by atoms with Crippen molar-refractivity contribution < 1.29 is 14.3 Å². The van der Waals surface area contributed by atoms with Crippen LogP contribution in [0, 0.1) is 0 Å². The Kier molecular flexibility index (Phi) is 4.41. The lowest BCUT2D eigenvalue weighted by Crippen LogP contribution is -2.12. The highest BCUT2D eigenvalue weighted by Crippen LogP contribution is 2.12. The van der Waals surface area contributed by atoms with E-state index in [1.165, 1.54) is 0 Å². The average molecular weight is 206 g/mol. The molecule has 80 valence electrons. The van der Waals surface area contributed by atoms with E-state index in [2.05, 4.69) is 6.58 Å². The van der Waals surface area contributed by atoms with E-state index in [1.54, 1.807) is 12.1 Å². The molecule has 1 rings (SSSR count). The van der Waals surface area contributed by atoms with E-state index in [4.69, 9.17) is 9.47 Å². The number of esters is 1. The van der Waals surface area contributed by atoms with Crippen molar-refractivity contribution in [2.45, 2.75) is 13.3 Å². The molecule has 1 aromatic carbocycles. The van der Waals surface area contributed by atoms with Crippen molar-refractivity contribution in [2.75, 3.05) is 6.61 Å². The maximum atomic E-state index is 11.3. The van der Waals surface area contributed by atoms with E-state index in [0.29, 0.717) is 12.4 Å². The Bertz CT molecular complexity index is 330. The van der Waals surface area contributed by atoms with Crippen molar-refractivity contribution in [1.82, 2.24) is 0 Å². The minimum atomic E-state index is -0.513. The van der Waals surface area contributed by atoms with Crippen molar-refractivity contribution in [2.24, 2.45) is 0 Å². The molecule has 0 aliphatic heterocycles. The van der Waals surface area contributed by atoms with Gasteiger partial charge in [-0.2, -0.15) is 0 Å². The Morgan fingerprint density at radius 3 is 2.60 bits per heavy atom. The van der Waals surface area contributed by atoms with Crippen LogP contribution in [0.25, 0.3) is 0 Å². The molecule has 0 N–H and O–H groups in total. The fraction of sp³-hybridized carbons (Fsp3) is 0.250. The number of benzene rings is 1. The number of rotatable bonds is 5. The van der Waals surface area contributed by atoms with Gasteiger partial charge < -0.3 is 9.47 Å². The zero-order valence-electron chi connectivity index (χ0n) is 8.73. The molecule has 0 amide bonds. The van der Waals surface area contributed by atoms with Crippen LogP contribution in [0.1, 0.15) is 13.3 Å². The maximum absolute atomic E-state index is 11.3. The third kappa shape index (κ3) is 3.85. The van der Waals surface area contributed by atoms with E-state index in [0.717, 1.165) is 6.42 Å². The fourth-order valence-electron chi connectivity index (χ4n) is 0.948. The lowest BCUT2D eigenvalue weighted by molar-refractivity contribution is -0.141. The molecule has 0 saturated carbocycles. The van der Waals surface area contributed by atoms with Gasteiger partial charge in [0.25, 0.3) is 0 Å². The topological polar surface area (TPSA) is 35.5 Å². The summed E-state index contributed by atoms with van der Waals surface area (Å²) < 4.78 is 10.1. The van der Waals surface area contributed by atoms with Crippen LogP contribution in [0.2, 0.25) is 0 Å². The van der Waals surface area contributed by atoms with Gasteiger partial charge in [-0.25, -0.2) is 4.79 Å². The Labute approximate surface area is 89.3 Å². The Hall–Kier alpha value is -1.77. The zero-order valence-corrected chi connectivity index (χ0v) is 8.73. The smallest absolute Gasteiger partial charge is 0.373 e. The molecule has 3 heteroatoms. The van der Waals surface area contributed by atoms with Crippen LogP contribution < -0.4 is 4.74 Å². The van der Waals surface area contributed by atoms with E-state index in [1.807, 2.05) is 25.1 Å². The number of hydrogen-bond donors (Lipinski definition) is 0. The lowest BCUT2D eigenvalue weighted by atomic mass is 10.3. The number of carbonyl (C=O) groups excluding carboxylic acids is 1. The third-order valence-corrected chi connectivity index (χ3v) is 1.65. The number of carbonyl (C=O) groups is 1. The van der Waals surface area contributed by atoms with Crippen molar-refractivity contribution >= 4 is 5.97 Å². The number of hydrogen-bond acceptors (Lipinski definition) is 3. The molecule has 0 spiro atoms. The molecule has 0 radical (unpaired) electrons. The van der Waals surface area contributed by atoms with E-state index in [9.17, 15) is 4.79 Å². The van der Waals surface area contributed by atoms with Gasteiger partial charge in [0.15, 0.2) is 0 Å². The van der Waals surface area contributed by atoms with Gasteiger partial charge in [-0.15, -0.1) is 0 Å². The first-order chi connectivity index (χ1) is 7.24. The molecule has 0 atom stereocenters. The summed E-state index contributed by atoms with van der Waals surface area (Å²) in [5.41, 5.74) is 0. The molecular weight excluding hydrogens is 192 g/mol. The van der Waals surface area contributed by atoms with Gasteiger partial charge in [-0.05, 0) is 25.1 Å². The molecule has 15 heavy (non-hydrogen) atoms. The standard InChI is InChI=1S/C12H14O3/c1-3-9-14-12(13)10(2)15-11-7-5-4-6-8-11/h4-8H,2-3,9H2,1H3. The summed E-state index contributed by atoms with van der Waals surface area (Å²) in [5, 5.41) is 0. The maximum Gasteiger partial charge on any atom is 0.373 e. The summed E-state index contributed by atoms with van der Waals surface area (Å²) in [7, 11) is 0. The van der Waals surface area contributed by atoms with Gasteiger partial charge in [0, 0.05) is 0 Å². The van der Waals surface area contributed by atoms with E-state index >= 15 is 0 Å². The molecular formula is C12H14O3. The van der Waals surface area contributed by atoms with E-state index in [-0.39, 0.29) is 5.76 Å². The fourth-order valence-corrected chi connectivity index (χ4v) is 0.948. The normalized spacial score (nSPS) is 9.40. The molecule has 1 aromatic rings. The summed E-state index contributed by atoms with van der Waals surface area (Å²) in [5.74, 6) is 0.0753. The first-order valence-electron chi connectivity index (χ1n) is 4.83. The highest BCUT2D eigenvalue weighted by Gasteiger charge is 2.09. The van der Waals surface area contributed by atoms with Crippen molar-refractivity contribution in [3.8, 4) is 5.75 Å². The second kappa shape index (κ2) is 5.86. The van der Waals surface area contributed by atoms with Gasteiger partial charge in [0.2, 0.25) is 5.76 Å². The van der Waals surface area contributed by atoms with Gasteiger partial charge in [-0.3, -0.25) is 0 Å². The first kappa shape index (κ1) is 11.3. The average Bonchev–Trinajstić information content (AvgIpc) is 2.27. The molecule has 3 nitrogen and oxygen atoms in total. The molecule has 0 aliphatic rings. The van der Waals surface area contributed by atoms with E-state index < -0.39 is 5.97 Å². The second-order valence-electron chi connectivity index (χ2n) is 2.97. The third-order valence-electron chi connectivity index (χ3n) is 1.65. The molecule has 0 fully saturated rings. The Morgan fingerprint density at radius 1 is 1.33 bits per heavy atom. The van der Waals surface area contributed by atoms with Crippen LogP contribution in [0.5, 0.6) is 5.75 Å². The van der Waals surface area contributed by atoms with Crippen LogP contribution in [-0.2, 0) is 9.53 Å². The van der Waals surface area contributed by atoms with Gasteiger partial charge >= 0.3 is 5.97 Å². The molecule has 0 unspecified atom stereocenters. The van der Waals surface area contributed by atoms with Crippen molar-refractivity contribution in [3.05, 3.63) is 42.7 Å². The van der Waals surface area contributed by atoms with Crippen LogP contribution in [-0.4, -0.2) is 12.6 Å². The van der Waals surface area contributed by atoms with Crippen molar-refractivity contribution in [3.63, 3.8) is 0 Å². The molecule has 0 bridgehead atoms. The SMILES string of the molecule is C=C(Oc1ccccc1)C(=O)OCCC. The molecule has 0 saturated heterocycles. The second-order valence-corrected chi connectivity index (χ2v) is 2.97. The summed E-state index contributed by atoms with van der Waals surface area (Å²) in [6.07, 6.45) is 0.782. The molecule has 0 aromatic heterocycles. The lowest BCUT2D eigenvalue weighted by Gasteiger charge is -2.07. The zero-order chi connectivity index (χ0) is 11.1. The summed E-state index contributed by atoms with van der Waals surface area (Å²) >= 11 is 0. The quantitative estimate of drug-likeness (QED) is 0.422. The van der Waals surface area contributed by atoms with Crippen LogP contribution >= 0.6 is 0 Å². The monoisotopic (exact) mass is 206 g/mol. The first-order valence-corrected chi connectivity index (χ1v) is 4.83. The highest BCUT2D eigenvalue weighted by molar-refractivity contribution is 5.86. The largest absolute Gasteiger partial charge is 0.460 e. The minimum Gasteiger partial charge on any atom is -0.460 e. The van der Waals surface area contributed by atoms with Crippen molar-refractivity contribution in [1.29, 1.82) is 0 Å². The van der Waals surface area contributed by atoms with Crippen LogP contribution in [0.3, 0.4) is 0 Å². The summed E-state index contributed by atoms with van der Waals surface area (Å²) in [4.78, 5) is 11.3. The minimum absolute atomic E-state index is 0.00894. The van der Waals surface area contributed by atoms with Gasteiger partial charge in [0.1, 0.15) is 5.75 Å². The predicted octanol–water partition coefficient (Wildman–Crippen LogP) is 2.53. The number of para-hydroxylation sites is 1. The highest BCUT2D eigenvalue weighted by atomic mass is 16.6. The van der Waals surface area contributed by atoms with Crippen LogP contribution in [0.15, 0.2) is 42.7 Å². The molecule has 0 heterocycles. The predicted molar refractivity (Wildman–Crippen MR) is 57.5 cm³/mol. The number of ether oxygens (including phenoxy) is 2.